The van der Waals surface area contributed by atoms with E-state index in [1.54, 1.807) is 18.4 Å². The van der Waals surface area contributed by atoms with Gasteiger partial charge in [-0.15, -0.1) is 11.3 Å². The molecule has 0 radical (unpaired) electrons. The number of amides is 2. The molecule has 9 heteroatoms. The molecule has 0 saturated carbocycles. The van der Waals surface area contributed by atoms with Gasteiger partial charge in [-0.3, -0.25) is 4.79 Å². The summed E-state index contributed by atoms with van der Waals surface area (Å²) in [5, 5.41) is 13.3. The lowest BCUT2D eigenvalue weighted by Gasteiger charge is -2.36. The molecule has 2 aliphatic rings. The van der Waals surface area contributed by atoms with Crippen molar-refractivity contribution < 1.29 is 23.1 Å². The number of rotatable bonds is 2. The molecule has 7 nitrogen and oxygen atoms in total. The Morgan fingerprint density at radius 2 is 2.00 bits per heavy atom. The van der Waals surface area contributed by atoms with E-state index in [2.05, 4.69) is 5.32 Å². The molecular formula is C16H22N2O5S2. The van der Waals surface area contributed by atoms with Crippen LogP contribution in [-0.4, -0.2) is 48.8 Å². The molecule has 2 amide bonds. The Morgan fingerprint density at radius 1 is 1.28 bits per heavy atom. The van der Waals surface area contributed by atoms with E-state index < -0.39 is 27.0 Å². The van der Waals surface area contributed by atoms with Gasteiger partial charge in [0.25, 0.3) is 0 Å². The first-order valence-electron chi connectivity index (χ1n) is 8.29. The van der Waals surface area contributed by atoms with Crippen molar-refractivity contribution in [3.05, 3.63) is 17.0 Å². The zero-order chi connectivity index (χ0) is 18.4. The number of carboxylic acids is 1. The Hall–Kier alpha value is -1.61. The van der Waals surface area contributed by atoms with Gasteiger partial charge in [-0.2, -0.15) is 0 Å². The number of carbonyl (C=O) groups is 2. The molecule has 3 rings (SSSR count). The Morgan fingerprint density at radius 3 is 2.68 bits per heavy atom. The van der Waals surface area contributed by atoms with Crippen molar-refractivity contribution in [2.45, 2.75) is 42.2 Å². The molecule has 3 heterocycles. The van der Waals surface area contributed by atoms with Crippen molar-refractivity contribution in [2.75, 3.05) is 13.1 Å². The van der Waals surface area contributed by atoms with Crippen LogP contribution in [0.1, 0.15) is 38.3 Å². The topological polar surface area (TPSA) is 104 Å². The van der Waals surface area contributed by atoms with Gasteiger partial charge in [0.05, 0.1) is 17.2 Å². The van der Waals surface area contributed by atoms with E-state index in [1.807, 2.05) is 6.92 Å². The van der Waals surface area contributed by atoms with Gasteiger partial charge in [-0.25, -0.2) is 13.2 Å². The summed E-state index contributed by atoms with van der Waals surface area (Å²) < 4.78 is 25.1. The second kappa shape index (κ2) is 6.60. The summed E-state index contributed by atoms with van der Waals surface area (Å²) in [6.45, 7) is 4.28. The molecule has 2 aliphatic heterocycles. The lowest BCUT2D eigenvalue weighted by atomic mass is 9.91. The van der Waals surface area contributed by atoms with Gasteiger partial charge in [-0.1, -0.05) is 6.92 Å². The van der Waals surface area contributed by atoms with Gasteiger partial charge < -0.3 is 15.3 Å². The number of nitrogens with one attached hydrogen (secondary N) is 1. The van der Waals surface area contributed by atoms with Crippen molar-refractivity contribution in [1.82, 2.24) is 10.2 Å². The van der Waals surface area contributed by atoms with Gasteiger partial charge >= 0.3 is 12.0 Å². The predicted molar refractivity (Wildman–Crippen MR) is 93.3 cm³/mol. The fraction of sp³-hybridized carbons (Fsp3) is 0.625. The van der Waals surface area contributed by atoms with Gasteiger partial charge in [0.1, 0.15) is 4.21 Å². The van der Waals surface area contributed by atoms with Crippen molar-refractivity contribution in [3.8, 4) is 0 Å². The van der Waals surface area contributed by atoms with Crippen LogP contribution in [0.4, 0.5) is 4.79 Å². The van der Waals surface area contributed by atoms with Crippen LogP contribution in [0.5, 0.6) is 0 Å². The molecule has 2 N–H and O–H groups in total. The molecule has 2 unspecified atom stereocenters. The molecule has 0 bridgehead atoms. The highest BCUT2D eigenvalue weighted by atomic mass is 32.2. The SMILES string of the molecule is CC1CC(C(=O)O)CN(C(=O)N[C@H]2C[C@H](C)S(=O)(=O)c3sccc32)C1. The van der Waals surface area contributed by atoms with Crippen LogP contribution in [0, 0.1) is 11.8 Å². The van der Waals surface area contributed by atoms with Crippen LogP contribution in [0.25, 0.3) is 0 Å². The number of hydrogen-bond acceptors (Lipinski definition) is 5. The lowest BCUT2D eigenvalue weighted by molar-refractivity contribution is -0.143. The van der Waals surface area contributed by atoms with E-state index in [0.29, 0.717) is 29.2 Å². The monoisotopic (exact) mass is 386 g/mol. The van der Waals surface area contributed by atoms with Crippen LogP contribution in [0.3, 0.4) is 0 Å². The average molecular weight is 386 g/mol. The second-order valence-corrected chi connectivity index (χ2v) is 10.5. The minimum absolute atomic E-state index is 0.114. The number of thiophene rings is 1. The first-order valence-corrected chi connectivity index (χ1v) is 10.7. The normalized spacial score (nSPS) is 31.2. The molecular weight excluding hydrogens is 364 g/mol. The van der Waals surface area contributed by atoms with Crippen molar-refractivity contribution in [2.24, 2.45) is 11.8 Å². The summed E-state index contributed by atoms with van der Waals surface area (Å²) in [6.07, 6.45) is 0.885. The van der Waals surface area contributed by atoms with Gasteiger partial charge in [-0.05, 0) is 37.1 Å². The molecule has 25 heavy (non-hydrogen) atoms. The Bertz CT molecular complexity index is 788. The number of nitrogens with zero attached hydrogens (tertiary/aromatic N) is 1. The summed E-state index contributed by atoms with van der Waals surface area (Å²) >= 11 is 1.18. The van der Waals surface area contributed by atoms with E-state index in [4.69, 9.17) is 0 Å². The highest BCUT2D eigenvalue weighted by Gasteiger charge is 2.39. The molecule has 0 spiro atoms. The van der Waals surface area contributed by atoms with Gasteiger partial charge in [0, 0.05) is 18.7 Å². The fourth-order valence-electron chi connectivity index (χ4n) is 3.64. The maximum Gasteiger partial charge on any atom is 0.317 e. The number of aliphatic carboxylic acids is 1. The van der Waals surface area contributed by atoms with E-state index in [-0.39, 0.29) is 24.5 Å². The van der Waals surface area contributed by atoms with E-state index in [1.165, 1.54) is 16.2 Å². The number of piperidine rings is 1. The summed E-state index contributed by atoms with van der Waals surface area (Å²) in [5.41, 5.74) is 0.635. The van der Waals surface area contributed by atoms with Crippen LogP contribution >= 0.6 is 11.3 Å². The molecule has 0 aromatic carbocycles. The first-order chi connectivity index (χ1) is 11.7. The van der Waals surface area contributed by atoms with Crippen molar-refractivity contribution in [3.63, 3.8) is 0 Å². The van der Waals surface area contributed by atoms with Crippen LogP contribution in [0.15, 0.2) is 15.7 Å². The minimum atomic E-state index is -3.32. The number of carboxylic acid groups (broad SMARTS) is 1. The summed E-state index contributed by atoms with van der Waals surface area (Å²) in [4.78, 5) is 25.5. The molecule has 4 atom stereocenters. The summed E-state index contributed by atoms with van der Waals surface area (Å²) in [7, 11) is -3.32. The quantitative estimate of drug-likeness (QED) is 0.810. The van der Waals surface area contributed by atoms with Crippen LogP contribution < -0.4 is 5.32 Å². The van der Waals surface area contributed by atoms with Crippen molar-refractivity contribution in [1.29, 1.82) is 0 Å². The Balaban J connectivity index is 1.76. The number of urea groups is 1. The Kier molecular flexibility index (Phi) is 4.80. The zero-order valence-electron chi connectivity index (χ0n) is 14.1. The molecule has 1 aromatic heterocycles. The fourth-order valence-corrected chi connectivity index (χ4v) is 6.87. The van der Waals surface area contributed by atoms with Crippen LogP contribution in [-0.2, 0) is 14.6 Å². The van der Waals surface area contributed by atoms with E-state index in [0.717, 1.165) is 0 Å². The van der Waals surface area contributed by atoms with Crippen LogP contribution in [0.2, 0.25) is 0 Å². The maximum absolute atomic E-state index is 12.7. The third-order valence-electron chi connectivity index (χ3n) is 4.98. The molecule has 1 aromatic rings. The Labute approximate surface area is 150 Å². The predicted octanol–water partition coefficient (Wildman–Crippen LogP) is 2.11. The zero-order valence-corrected chi connectivity index (χ0v) is 15.8. The third kappa shape index (κ3) is 3.39. The largest absolute Gasteiger partial charge is 0.481 e. The summed E-state index contributed by atoms with van der Waals surface area (Å²) in [5.74, 6) is -1.33. The van der Waals surface area contributed by atoms with Gasteiger partial charge in [0.2, 0.25) is 0 Å². The lowest BCUT2D eigenvalue weighted by Crippen LogP contribution is -2.51. The van der Waals surface area contributed by atoms with Crippen molar-refractivity contribution >= 4 is 33.2 Å². The molecule has 138 valence electrons. The smallest absolute Gasteiger partial charge is 0.317 e. The highest BCUT2D eigenvalue weighted by Crippen LogP contribution is 2.39. The maximum atomic E-state index is 12.7. The third-order valence-corrected chi connectivity index (χ3v) is 8.70. The number of sulfone groups is 1. The standard InChI is InChI=1S/C16H22N2O5S2/c1-9-5-11(14(19)20)8-18(7-9)16(21)17-13-6-10(2)25(22,23)15-12(13)3-4-24-15/h3-4,9-11,13H,5-8H2,1-2H3,(H,17,21)(H,19,20)/t9?,10-,11?,13-/m0/s1. The summed E-state index contributed by atoms with van der Waals surface area (Å²) in [6, 6.07) is 1.05. The molecule has 0 aliphatic carbocycles. The number of carbonyl (C=O) groups excluding carboxylic acids is 1. The number of fused-ring (bicyclic) bond motifs is 1. The number of hydrogen-bond donors (Lipinski definition) is 2. The first kappa shape index (κ1) is 18.2. The molecule has 1 fully saturated rings. The average Bonchev–Trinajstić information content (AvgIpc) is 3.03. The number of likely N-dealkylation sites (tertiary alicyclic amines) is 1. The van der Waals surface area contributed by atoms with E-state index >= 15 is 0 Å². The second-order valence-electron chi connectivity index (χ2n) is 7.04. The minimum Gasteiger partial charge on any atom is -0.481 e. The highest BCUT2D eigenvalue weighted by molar-refractivity contribution is 7.94. The molecule has 1 saturated heterocycles. The van der Waals surface area contributed by atoms with Gasteiger partial charge in [0.15, 0.2) is 9.84 Å². The van der Waals surface area contributed by atoms with E-state index in [9.17, 15) is 23.1 Å².